The Balaban J connectivity index is 2.12. The van der Waals surface area contributed by atoms with Gasteiger partial charge in [-0.2, -0.15) is 0 Å². The van der Waals surface area contributed by atoms with Crippen molar-refractivity contribution in [2.75, 3.05) is 7.11 Å². The molecular formula is C14H17NO3. The molecule has 0 bridgehead atoms. The summed E-state index contributed by atoms with van der Waals surface area (Å²) in [7, 11) is 1.36. The number of amides is 1. The Hall–Kier alpha value is -1.84. The fourth-order valence-corrected chi connectivity index (χ4v) is 2.20. The number of esters is 1. The van der Waals surface area contributed by atoms with Crippen molar-refractivity contribution in [2.45, 2.75) is 32.4 Å². The van der Waals surface area contributed by atoms with Crippen molar-refractivity contribution in [2.24, 2.45) is 0 Å². The number of likely N-dealkylation sites (tertiary alicyclic amines) is 1. The van der Waals surface area contributed by atoms with E-state index in [1.807, 2.05) is 31.2 Å². The Morgan fingerprint density at radius 2 is 2.06 bits per heavy atom. The number of ether oxygens (including phenoxy) is 1. The zero-order valence-electron chi connectivity index (χ0n) is 10.7. The van der Waals surface area contributed by atoms with Gasteiger partial charge in [-0.25, -0.2) is 4.79 Å². The van der Waals surface area contributed by atoms with Crippen LogP contribution >= 0.6 is 0 Å². The molecule has 0 radical (unpaired) electrons. The molecule has 4 nitrogen and oxygen atoms in total. The van der Waals surface area contributed by atoms with Crippen LogP contribution in [0.1, 0.15) is 24.0 Å². The van der Waals surface area contributed by atoms with Crippen molar-refractivity contribution in [3.8, 4) is 0 Å². The van der Waals surface area contributed by atoms with Crippen LogP contribution in [0.25, 0.3) is 0 Å². The molecule has 1 atom stereocenters. The molecule has 0 aliphatic carbocycles. The van der Waals surface area contributed by atoms with Gasteiger partial charge in [0.25, 0.3) is 0 Å². The van der Waals surface area contributed by atoms with E-state index < -0.39 is 6.04 Å². The molecule has 1 heterocycles. The normalized spacial score (nSPS) is 19.1. The maximum atomic E-state index is 11.8. The Labute approximate surface area is 107 Å². The lowest BCUT2D eigenvalue weighted by Gasteiger charge is -2.22. The summed E-state index contributed by atoms with van der Waals surface area (Å²) in [6.45, 7) is 2.49. The van der Waals surface area contributed by atoms with Gasteiger partial charge in [-0.1, -0.05) is 29.8 Å². The fourth-order valence-electron chi connectivity index (χ4n) is 2.20. The molecule has 96 valence electrons. The Bertz CT molecular complexity index is 453. The number of hydrogen-bond donors (Lipinski definition) is 0. The highest BCUT2D eigenvalue weighted by atomic mass is 16.5. The summed E-state index contributed by atoms with van der Waals surface area (Å²) in [6, 6.07) is 7.54. The van der Waals surface area contributed by atoms with Gasteiger partial charge in [0.1, 0.15) is 6.04 Å². The minimum Gasteiger partial charge on any atom is -0.467 e. The summed E-state index contributed by atoms with van der Waals surface area (Å²) in [6.07, 6.45) is 0.975. The maximum absolute atomic E-state index is 11.8. The largest absolute Gasteiger partial charge is 0.467 e. The van der Waals surface area contributed by atoms with Gasteiger partial charge < -0.3 is 9.64 Å². The summed E-state index contributed by atoms with van der Waals surface area (Å²) in [5.74, 6) is -0.307. The molecule has 18 heavy (non-hydrogen) atoms. The average Bonchev–Trinajstić information content (AvgIpc) is 2.73. The van der Waals surface area contributed by atoms with Crippen LogP contribution in [0.2, 0.25) is 0 Å². The molecule has 0 N–H and O–H groups in total. The van der Waals surface area contributed by atoms with Crippen LogP contribution in [0.3, 0.4) is 0 Å². The van der Waals surface area contributed by atoms with Gasteiger partial charge in [0, 0.05) is 13.0 Å². The highest BCUT2D eigenvalue weighted by molar-refractivity contribution is 5.88. The molecule has 4 heteroatoms. The molecule has 1 unspecified atom stereocenters. The first kappa shape index (κ1) is 12.6. The monoisotopic (exact) mass is 247 g/mol. The minimum absolute atomic E-state index is 0.0194. The molecule has 0 aromatic heterocycles. The average molecular weight is 247 g/mol. The lowest BCUT2D eigenvalue weighted by molar-refractivity contribution is -0.149. The predicted octanol–water partition coefficient (Wildman–Crippen LogP) is 1.66. The van der Waals surface area contributed by atoms with Crippen LogP contribution in [0.4, 0.5) is 0 Å². The first-order chi connectivity index (χ1) is 8.61. The van der Waals surface area contributed by atoms with E-state index in [0.29, 0.717) is 19.4 Å². The minimum atomic E-state index is -0.427. The number of carbonyl (C=O) groups is 2. The van der Waals surface area contributed by atoms with Gasteiger partial charge in [-0.3, -0.25) is 4.79 Å². The van der Waals surface area contributed by atoms with Gasteiger partial charge in [0.15, 0.2) is 0 Å². The van der Waals surface area contributed by atoms with Gasteiger partial charge in [0.05, 0.1) is 7.11 Å². The molecule has 1 aliphatic heterocycles. The molecule has 1 amide bonds. The number of methoxy groups -OCH3 is 1. The van der Waals surface area contributed by atoms with Gasteiger partial charge >= 0.3 is 5.97 Å². The van der Waals surface area contributed by atoms with Crippen LogP contribution in [0.15, 0.2) is 24.3 Å². The quantitative estimate of drug-likeness (QED) is 0.763. The van der Waals surface area contributed by atoms with E-state index in [1.54, 1.807) is 4.90 Å². The zero-order valence-corrected chi connectivity index (χ0v) is 10.7. The highest BCUT2D eigenvalue weighted by Crippen LogP contribution is 2.22. The van der Waals surface area contributed by atoms with Crippen molar-refractivity contribution in [1.29, 1.82) is 0 Å². The van der Waals surface area contributed by atoms with Crippen molar-refractivity contribution in [1.82, 2.24) is 4.90 Å². The summed E-state index contributed by atoms with van der Waals surface area (Å²) in [4.78, 5) is 25.0. The fraction of sp³-hybridized carbons (Fsp3) is 0.429. The van der Waals surface area contributed by atoms with Gasteiger partial charge in [0.2, 0.25) is 5.91 Å². The second-order valence-electron chi connectivity index (χ2n) is 4.58. The van der Waals surface area contributed by atoms with Crippen LogP contribution in [-0.4, -0.2) is 29.9 Å². The molecule has 1 aromatic carbocycles. The van der Waals surface area contributed by atoms with Crippen molar-refractivity contribution in [3.63, 3.8) is 0 Å². The van der Waals surface area contributed by atoms with E-state index in [4.69, 9.17) is 4.74 Å². The third kappa shape index (κ3) is 2.53. The molecule has 1 saturated heterocycles. The van der Waals surface area contributed by atoms with E-state index >= 15 is 0 Å². The summed E-state index contributed by atoms with van der Waals surface area (Å²) in [5, 5.41) is 0. The van der Waals surface area contributed by atoms with Gasteiger partial charge in [-0.05, 0) is 18.9 Å². The van der Waals surface area contributed by atoms with Gasteiger partial charge in [-0.15, -0.1) is 0 Å². The number of hydrogen-bond acceptors (Lipinski definition) is 3. The zero-order chi connectivity index (χ0) is 13.1. The lowest BCUT2D eigenvalue weighted by atomic mass is 10.1. The van der Waals surface area contributed by atoms with Crippen molar-refractivity contribution < 1.29 is 14.3 Å². The first-order valence-electron chi connectivity index (χ1n) is 6.04. The van der Waals surface area contributed by atoms with Crippen LogP contribution in [0, 0.1) is 6.92 Å². The third-order valence-corrected chi connectivity index (χ3v) is 3.27. The smallest absolute Gasteiger partial charge is 0.328 e. The standard InChI is InChI=1S/C14H17NO3/c1-10-3-5-11(6-4-10)9-15-12(14(17)18-2)7-8-13(15)16/h3-6,12H,7-9H2,1-2H3. The Kier molecular flexibility index (Phi) is 3.65. The van der Waals surface area contributed by atoms with Crippen molar-refractivity contribution in [3.05, 3.63) is 35.4 Å². The van der Waals surface area contributed by atoms with Crippen LogP contribution in [0.5, 0.6) is 0 Å². The molecule has 2 rings (SSSR count). The number of rotatable bonds is 3. The van der Waals surface area contributed by atoms with Crippen molar-refractivity contribution >= 4 is 11.9 Å². The first-order valence-corrected chi connectivity index (χ1v) is 6.04. The second-order valence-corrected chi connectivity index (χ2v) is 4.58. The lowest BCUT2D eigenvalue weighted by Crippen LogP contribution is -2.38. The number of aryl methyl sites for hydroxylation is 1. The predicted molar refractivity (Wildman–Crippen MR) is 66.8 cm³/mol. The third-order valence-electron chi connectivity index (χ3n) is 3.27. The summed E-state index contributed by atoms with van der Waals surface area (Å²) < 4.78 is 4.74. The molecule has 0 saturated carbocycles. The molecule has 1 aromatic rings. The van der Waals surface area contributed by atoms with Crippen LogP contribution in [-0.2, 0) is 20.9 Å². The van der Waals surface area contributed by atoms with E-state index in [9.17, 15) is 9.59 Å². The summed E-state index contributed by atoms with van der Waals surface area (Å²) in [5.41, 5.74) is 2.21. The van der Waals surface area contributed by atoms with Crippen LogP contribution < -0.4 is 0 Å². The SMILES string of the molecule is COC(=O)C1CCC(=O)N1Cc1ccc(C)cc1. The number of benzene rings is 1. The topological polar surface area (TPSA) is 46.6 Å². The molecule has 0 spiro atoms. The number of carbonyl (C=O) groups excluding carboxylic acids is 2. The van der Waals surface area contributed by atoms with E-state index in [2.05, 4.69) is 0 Å². The molecular weight excluding hydrogens is 230 g/mol. The molecule has 1 fully saturated rings. The number of nitrogens with zero attached hydrogens (tertiary/aromatic N) is 1. The van der Waals surface area contributed by atoms with E-state index in [1.165, 1.54) is 12.7 Å². The Morgan fingerprint density at radius 1 is 1.39 bits per heavy atom. The maximum Gasteiger partial charge on any atom is 0.328 e. The van der Waals surface area contributed by atoms with E-state index in [-0.39, 0.29) is 11.9 Å². The van der Waals surface area contributed by atoms with E-state index in [0.717, 1.165) is 5.56 Å². The highest BCUT2D eigenvalue weighted by Gasteiger charge is 2.36. The molecule has 1 aliphatic rings. The summed E-state index contributed by atoms with van der Waals surface area (Å²) >= 11 is 0. The Morgan fingerprint density at radius 3 is 2.67 bits per heavy atom. The second kappa shape index (κ2) is 5.21.